The van der Waals surface area contributed by atoms with Crippen LogP contribution in [0.1, 0.15) is 33.6 Å². The lowest BCUT2D eigenvalue weighted by Crippen LogP contribution is -2.28. The molecule has 1 aliphatic heterocycles. The van der Waals surface area contributed by atoms with E-state index < -0.39 is 0 Å². The molecule has 3 nitrogen and oxygen atoms in total. The number of amides is 1. The number of rotatable bonds is 4. The van der Waals surface area contributed by atoms with Gasteiger partial charge in [-0.3, -0.25) is 0 Å². The van der Waals surface area contributed by atoms with E-state index in [0.29, 0.717) is 12.0 Å². The summed E-state index contributed by atoms with van der Waals surface area (Å²) in [5.41, 5.74) is 0.336. The summed E-state index contributed by atoms with van der Waals surface area (Å²) in [7, 11) is 0. The van der Waals surface area contributed by atoms with Crippen LogP contribution in [0.2, 0.25) is 0 Å². The van der Waals surface area contributed by atoms with Gasteiger partial charge in [0.1, 0.15) is 6.61 Å². The molecule has 13 heavy (non-hydrogen) atoms. The summed E-state index contributed by atoms with van der Waals surface area (Å²) in [5, 5.41) is 0. The van der Waals surface area contributed by atoms with Crippen LogP contribution in [-0.2, 0) is 4.74 Å². The summed E-state index contributed by atoms with van der Waals surface area (Å²) in [5.74, 6) is 0. The average Bonchev–Trinajstić information content (AvgIpc) is 2.48. The van der Waals surface area contributed by atoms with Gasteiger partial charge in [0.05, 0.1) is 6.54 Å². The first-order valence-corrected chi connectivity index (χ1v) is 4.97. The van der Waals surface area contributed by atoms with Gasteiger partial charge in [-0.2, -0.15) is 0 Å². The fourth-order valence-corrected chi connectivity index (χ4v) is 1.24. The first-order chi connectivity index (χ1) is 6.05. The van der Waals surface area contributed by atoms with E-state index in [1.54, 1.807) is 4.90 Å². The number of cyclic esters (lactones) is 1. The Morgan fingerprint density at radius 2 is 2.23 bits per heavy atom. The Morgan fingerprint density at radius 3 is 2.69 bits per heavy atom. The van der Waals surface area contributed by atoms with Crippen molar-refractivity contribution in [3.05, 3.63) is 0 Å². The molecule has 0 aromatic heterocycles. The number of nitrogens with zero attached hydrogens (tertiary/aromatic N) is 1. The molecule has 76 valence electrons. The number of carbonyl (C=O) groups excluding carboxylic acids is 1. The number of ether oxygens (including phenoxy) is 1. The van der Waals surface area contributed by atoms with Gasteiger partial charge in [-0.25, -0.2) is 4.79 Å². The van der Waals surface area contributed by atoms with Crippen LogP contribution < -0.4 is 0 Å². The highest BCUT2D eigenvalue weighted by atomic mass is 16.6. The van der Waals surface area contributed by atoms with Crippen molar-refractivity contribution < 1.29 is 9.53 Å². The van der Waals surface area contributed by atoms with Crippen LogP contribution in [-0.4, -0.2) is 30.7 Å². The topological polar surface area (TPSA) is 29.5 Å². The zero-order chi connectivity index (χ0) is 9.90. The molecule has 0 aliphatic carbocycles. The van der Waals surface area contributed by atoms with E-state index in [2.05, 4.69) is 20.8 Å². The van der Waals surface area contributed by atoms with Gasteiger partial charge in [0, 0.05) is 6.54 Å². The zero-order valence-electron chi connectivity index (χ0n) is 8.80. The van der Waals surface area contributed by atoms with Gasteiger partial charge in [-0.05, 0) is 11.8 Å². The van der Waals surface area contributed by atoms with E-state index >= 15 is 0 Å². The summed E-state index contributed by atoms with van der Waals surface area (Å²) in [4.78, 5) is 12.9. The van der Waals surface area contributed by atoms with Gasteiger partial charge in [-0.1, -0.05) is 27.2 Å². The van der Waals surface area contributed by atoms with Crippen LogP contribution in [0.4, 0.5) is 4.79 Å². The second kappa shape index (κ2) is 3.99. The third-order valence-electron chi connectivity index (χ3n) is 2.86. The molecule has 0 bridgehead atoms. The lowest BCUT2D eigenvalue weighted by molar-refractivity contribution is 0.154. The molecule has 1 fully saturated rings. The fraction of sp³-hybridized carbons (Fsp3) is 0.900. The van der Waals surface area contributed by atoms with Crippen molar-refractivity contribution >= 4 is 6.09 Å². The second-order valence-corrected chi connectivity index (χ2v) is 4.37. The molecular formula is C10H19NO2. The third-order valence-corrected chi connectivity index (χ3v) is 2.86. The standard InChI is InChI=1S/C10H19NO2/c1-4-10(2,3)5-6-11-7-8-13-9(11)12/h4-8H2,1-3H3. The van der Waals surface area contributed by atoms with E-state index in [1.807, 2.05) is 0 Å². The molecule has 1 saturated heterocycles. The highest BCUT2D eigenvalue weighted by Crippen LogP contribution is 2.25. The number of hydrogen-bond donors (Lipinski definition) is 0. The minimum Gasteiger partial charge on any atom is -0.448 e. The smallest absolute Gasteiger partial charge is 0.409 e. The summed E-state index contributed by atoms with van der Waals surface area (Å²) < 4.78 is 4.85. The zero-order valence-corrected chi connectivity index (χ0v) is 8.80. The minimum atomic E-state index is -0.146. The lowest BCUT2D eigenvalue weighted by atomic mass is 9.86. The fourth-order valence-electron chi connectivity index (χ4n) is 1.24. The molecule has 0 aromatic rings. The van der Waals surface area contributed by atoms with Crippen LogP contribution >= 0.6 is 0 Å². The Balaban J connectivity index is 2.29. The Hall–Kier alpha value is -0.730. The largest absolute Gasteiger partial charge is 0.448 e. The maximum absolute atomic E-state index is 11.1. The SMILES string of the molecule is CCC(C)(C)CCN1CCOC1=O. The molecular weight excluding hydrogens is 166 g/mol. The van der Waals surface area contributed by atoms with Crippen LogP contribution in [0.3, 0.4) is 0 Å². The molecule has 1 rings (SSSR count). The summed E-state index contributed by atoms with van der Waals surface area (Å²) in [6.45, 7) is 8.80. The molecule has 0 spiro atoms. The van der Waals surface area contributed by atoms with Crippen molar-refractivity contribution in [2.24, 2.45) is 5.41 Å². The highest BCUT2D eigenvalue weighted by molar-refractivity contribution is 5.69. The number of hydrogen-bond acceptors (Lipinski definition) is 2. The second-order valence-electron chi connectivity index (χ2n) is 4.37. The lowest BCUT2D eigenvalue weighted by Gasteiger charge is -2.24. The van der Waals surface area contributed by atoms with Crippen molar-refractivity contribution in [1.82, 2.24) is 4.90 Å². The summed E-state index contributed by atoms with van der Waals surface area (Å²) in [6.07, 6.45) is 2.06. The summed E-state index contributed by atoms with van der Waals surface area (Å²) >= 11 is 0. The van der Waals surface area contributed by atoms with Crippen LogP contribution in [0.25, 0.3) is 0 Å². The van der Waals surface area contributed by atoms with Gasteiger partial charge in [0.2, 0.25) is 0 Å². The van der Waals surface area contributed by atoms with Crippen LogP contribution in [0.5, 0.6) is 0 Å². The predicted molar refractivity (Wildman–Crippen MR) is 51.6 cm³/mol. The summed E-state index contributed by atoms with van der Waals surface area (Å²) in [6, 6.07) is 0. The monoisotopic (exact) mass is 185 g/mol. The van der Waals surface area contributed by atoms with Gasteiger partial charge in [0.15, 0.2) is 0 Å². The van der Waals surface area contributed by atoms with Crippen molar-refractivity contribution in [3.8, 4) is 0 Å². The molecule has 0 aromatic carbocycles. The first-order valence-electron chi connectivity index (χ1n) is 4.97. The van der Waals surface area contributed by atoms with E-state index in [-0.39, 0.29) is 6.09 Å². The third kappa shape index (κ3) is 2.90. The molecule has 0 atom stereocenters. The predicted octanol–water partition coefficient (Wildman–Crippen LogP) is 2.26. The van der Waals surface area contributed by atoms with Gasteiger partial charge in [-0.15, -0.1) is 0 Å². The Bertz CT molecular complexity index is 189. The molecule has 0 N–H and O–H groups in total. The quantitative estimate of drug-likeness (QED) is 0.672. The molecule has 3 heteroatoms. The van der Waals surface area contributed by atoms with E-state index in [0.717, 1.165) is 25.9 Å². The van der Waals surface area contributed by atoms with Crippen LogP contribution in [0, 0.1) is 5.41 Å². The van der Waals surface area contributed by atoms with Crippen molar-refractivity contribution in [3.63, 3.8) is 0 Å². The number of carbonyl (C=O) groups is 1. The maximum Gasteiger partial charge on any atom is 0.409 e. The van der Waals surface area contributed by atoms with Gasteiger partial charge < -0.3 is 9.64 Å². The minimum absolute atomic E-state index is 0.146. The van der Waals surface area contributed by atoms with Crippen LogP contribution in [0.15, 0.2) is 0 Å². The molecule has 0 radical (unpaired) electrons. The Labute approximate surface area is 80.1 Å². The van der Waals surface area contributed by atoms with E-state index in [1.165, 1.54) is 0 Å². The first kappa shape index (κ1) is 10.4. The van der Waals surface area contributed by atoms with Gasteiger partial charge in [0.25, 0.3) is 0 Å². The Kier molecular flexibility index (Phi) is 3.17. The molecule has 0 saturated carbocycles. The van der Waals surface area contributed by atoms with E-state index in [4.69, 9.17) is 4.74 Å². The highest BCUT2D eigenvalue weighted by Gasteiger charge is 2.24. The van der Waals surface area contributed by atoms with Gasteiger partial charge >= 0.3 is 6.09 Å². The van der Waals surface area contributed by atoms with E-state index in [9.17, 15) is 4.79 Å². The molecule has 1 amide bonds. The van der Waals surface area contributed by atoms with Crippen molar-refractivity contribution in [2.75, 3.05) is 19.7 Å². The normalized spacial score (nSPS) is 17.8. The molecule has 0 unspecified atom stereocenters. The van der Waals surface area contributed by atoms with Crippen molar-refractivity contribution in [1.29, 1.82) is 0 Å². The Morgan fingerprint density at radius 1 is 1.54 bits per heavy atom. The van der Waals surface area contributed by atoms with Crippen molar-refractivity contribution in [2.45, 2.75) is 33.6 Å². The molecule has 1 aliphatic rings. The molecule has 1 heterocycles. The average molecular weight is 185 g/mol. The maximum atomic E-state index is 11.1.